The number of aromatic nitrogens is 6. The van der Waals surface area contributed by atoms with E-state index in [0.717, 1.165) is 16.6 Å². The van der Waals surface area contributed by atoms with Crippen LogP contribution in [0.4, 0.5) is 0 Å². The number of benzene rings is 1. The molecule has 0 aliphatic rings. The van der Waals surface area contributed by atoms with E-state index in [4.69, 9.17) is 0 Å². The van der Waals surface area contributed by atoms with Crippen LogP contribution >= 0.6 is 0 Å². The molecular weight excluding hydrogens is 364 g/mol. The Kier molecular flexibility index (Phi) is 4.33. The van der Waals surface area contributed by atoms with Crippen molar-refractivity contribution in [2.24, 2.45) is 0 Å². The number of hydrogen-bond donors (Lipinski definition) is 2. The van der Waals surface area contributed by atoms with Crippen molar-refractivity contribution in [3.63, 3.8) is 0 Å². The minimum Gasteiger partial charge on any atom is -0.389 e. The van der Waals surface area contributed by atoms with Gasteiger partial charge in [-0.05, 0) is 32.0 Å². The van der Waals surface area contributed by atoms with Crippen molar-refractivity contribution >= 4 is 21.8 Å². The number of hydrogen-bond acceptors (Lipinski definition) is 6. The molecule has 2 N–H and O–H groups in total. The molecule has 0 spiro atoms. The summed E-state index contributed by atoms with van der Waals surface area (Å²) in [5.74, 6) is 0.818. The summed E-state index contributed by atoms with van der Waals surface area (Å²) < 4.78 is 14.1. The first-order valence-electron chi connectivity index (χ1n) is 8.31. The van der Waals surface area contributed by atoms with Crippen molar-refractivity contribution in [2.45, 2.75) is 24.3 Å². The molecule has 1 atom stereocenters. The quantitative estimate of drug-likeness (QED) is 0.547. The highest BCUT2D eigenvalue weighted by Gasteiger charge is 2.19. The van der Waals surface area contributed by atoms with Crippen molar-refractivity contribution in [2.75, 3.05) is 5.75 Å². The molecule has 9 heteroatoms. The molecule has 3 heterocycles. The van der Waals surface area contributed by atoms with Gasteiger partial charge in [-0.1, -0.05) is 12.1 Å². The van der Waals surface area contributed by atoms with Crippen LogP contribution in [0.2, 0.25) is 0 Å². The predicted molar refractivity (Wildman–Crippen MR) is 102 cm³/mol. The smallest absolute Gasteiger partial charge is 0.162 e. The molecule has 0 aliphatic carbocycles. The lowest BCUT2D eigenvalue weighted by molar-refractivity contribution is 0.106. The van der Waals surface area contributed by atoms with Crippen LogP contribution in [0.15, 0.2) is 53.9 Å². The Hall–Kier alpha value is -2.91. The number of H-pyrrole nitrogens is 1. The molecular formula is C18H18N6O2S. The van der Waals surface area contributed by atoms with Gasteiger partial charge in [-0.25, -0.2) is 14.6 Å². The monoisotopic (exact) mass is 382 g/mol. The lowest BCUT2D eigenvalue weighted by atomic mass is 10.2. The summed E-state index contributed by atoms with van der Waals surface area (Å²) in [5, 5.41) is 21.8. The van der Waals surface area contributed by atoms with Crippen LogP contribution in [0.3, 0.4) is 0 Å². The van der Waals surface area contributed by atoms with Crippen LogP contribution in [0.25, 0.3) is 28.1 Å². The molecule has 0 saturated carbocycles. The summed E-state index contributed by atoms with van der Waals surface area (Å²) >= 11 is 0. The topological polar surface area (TPSA) is 110 Å². The Morgan fingerprint density at radius 1 is 1.22 bits per heavy atom. The van der Waals surface area contributed by atoms with Crippen LogP contribution < -0.4 is 0 Å². The van der Waals surface area contributed by atoms with E-state index in [1.54, 1.807) is 37.0 Å². The summed E-state index contributed by atoms with van der Waals surface area (Å²) in [6, 6.07) is 9.51. The molecule has 0 bridgehead atoms. The average Bonchev–Trinajstić information content (AvgIpc) is 3.30. The molecule has 0 radical (unpaired) electrons. The Bertz CT molecular complexity index is 1110. The molecule has 0 amide bonds. The Morgan fingerprint density at radius 3 is 2.81 bits per heavy atom. The van der Waals surface area contributed by atoms with Gasteiger partial charge in [0.2, 0.25) is 0 Å². The fourth-order valence-electron chi connectivity index (χ4n) is 2.75. The van der Waals surface area contributed by atoms with Crippen molar-refractivity contribution < 1.29 is 9.32 Å². The molecule has 1 aromatic carbocycles. The number of fused-ring (bicyclic) bond motifs is 1. The Balaban J connectivity index is 1.70. The van der Waals surface area contributed by atoms with E-state index in [9.17, 15) is 9.32 Å². The third-order valence-electron chi connectivity index (χ3n) is 3.91. The number of aromatic amines is 1. The molecule has 3 aromatic heterocycles. The largest absolute Gasteiger partial charge is 0.389 e. The number of aliphatic hydroxyl groups is 1. The average molecular weight is 382 g/mol. The van der Waals surface area contributed by atoms with Crippen molar-refractivity contribution in [3.8, 4) is 17.1 Å². The first kappa shape index (κ1) is 17.5. The van der Waals surface area contributed by atoms with Crippen LogP contribution in [0.5, 0.6) is 0 Å². The summed E-state index contributed by atoms with van der Waals surface area (Å²) in [6.07, 6.45) is 4.72. The van der Waals surface area contributed by atoms with E-state index in [1.165, 1.54) is 6.33 Å². The van der Waals surface area contributed by atoms with Crippen molar-refractivity contribution in [1.82, 2.24) is 29.9 Å². The molecule has 4 rings (SSSR count). The third kappa shape index (κ3) is 3.64. The zero-order valence-electron chi connectivity index (χ0n) is 14.8. The molecule has 0 aliphatic heterocycles. The standard InChI is InChI=1S/C18H18N6O2S/c1-18(2,25)10-27(26)15-7-13-8-22-24(17(13)19-9-15)14-5-3-4-12(6-14)16-20-11-21-23-16/h3-9,11,25H,10H2,1-2H3,(H,20,21,23)/t27-/m1/s1. The van der Waals surface area contributed by atoms with E-state index in [2.05, 4.69) is 25.3 Å². The van der Waals surface area contributed by atoms with Gasteiger partial charge in [0.25, 0.3) is 0 Å². The van der Waals surface area contributed by atoms with Gasteiger partial charge in [0, 0.05) is 17.1 Å². The van der Waals surface area contributed by atoms with Gasteiger partial charge in [0.1, 0.15) is 6.33 Å². The normalized spacial score (nSPS) is 13.1. The zero-order chi connectivity index (χ0) is 19.0. The van der Waals surface area contributed by atoms with Gasteiger partial charge in [-0.15, -0.1) is 0 Å². The molecule has 138 valence electrons. The summed E-state index contributed by atoms with van der Waals surface area (Å²) in [4.78, 5) is 9.19. The number of nitrogens with one attached hydrogen (secondary N) is 1. The summed E-state index contributed by atoms with van der Waals surface area (Å²) in [5.41, 5.74) is 1.37. The predicted octanol–water partition coefficient (Wildman–Crippen LogP) is 2.08. The zero-order valence-corrected chi connectivity index (χ0v) is 15.6. The Labute approximate surface area is 157 Å². The van der Waals surface area contributed by atoms with Gasteiger partial charge < -0.3 is 5.11 Å². The Morgan fingerprint density at radius 2 is 2.07 bits per heavy atom. The maximum absolute atomic E-state index is 12.4. The van der Waals surface area contributed by atoms with E-state index < -0.39 is 16.4 Å². The van der Waals surface area contributed by atoms with Crippen LogP contribution in [0.1, 0.15) is 13.8 Å². The van der Waals surface area contributed by atoms with Crippen molar-refractivity contribution in [3.05, 3.63) is 49.1 Å². The lowest BCUT2D eigenvalue weighted by Crippen LogP contribution is -2.27. The highest BCUT2D eigenvalue weighted by molar-refractivity contribution is 7.85. The van der Waals surface area contributed by atoms with Gasteiger partial charge in [-0.3, -0.25) is 9.31 Å². The lowest BCUT2D eigenvalue weighted by Gasteiger charge is -2.15. The van der Waals surface area contributed by atoms with Gasteiger partial charge >= 0.3 is 0 Å². The van der Waals surface area contributed by atoms with E-state index in [0.29, 0.717) is 16.4 Å². The number of nitrogens with zero attached hydrogens (tertiary/aromatic N) is 5. The molecule has 4 aromatic rings. The van der Waals surface area contributed by atoms with Gasteiger partial charge in [0.15, 0.2) is 11.5 Å². The molecule has 0 unspecified atom stereocenters. The SMILES string of the molecule is CC(C)(O)C[S@@](=O)c1cnc2c(cnn2-c2cccc(-c3ncn[nH]3)c2)c1. The number of pyridine rings is 1. The maximum atomic E-state index is 12.4. The van der Waals surface area contributed by atoms with Crippen molar-refractivity contribution in [1.29, 1.82) is 0 Å². The number of rotatable bonds is 5. The fraction of sp³-hybridized carbons (Fsp3) is 0.222. The second-order valence-electron chi connectivity index (χ2n) is 6.83. The van der Waals surface area contributed by atoms with E-state index >= 15 is 0 Å². The molecule has 0 fully saturated rings. The first-order valence-corrected chi connectivity index (χ1v) is 9.63. The molecule has 27 heavy (non-hydrogen) atoms. The molecule has 0 saturated heterocycles. The minimum atomic E-state index is -1.34. The van der Waals surface area contributed by atoms with E-state index in [-0.39, 0.29) is 5.75 Å². The van der Waals surface area contributed by atoms with Crippen LogP contribution in [-0.2, 0) is 10.8 Å². The summed E-state index contributed by atoms with van der Waals surface area (Å²) in [7, 11) is -1.34. The highest BCUT2D eigenvalue weighted by atomic mass is 32.2. The fourth-order valence-corrected chi connectivity index (χ4v) is 3.99. The maximum Gasteiger partial charge on any atom is 0.162 e. The third-order valence-corrected chi connectivity index (χ3v) is 5.63. The second kappa shape index (κ2) is 6.67. The summed E-state index contributed by atoms with van der Waals surface area (Å²) in [6.45, 7) is 3.27. The first-order chi connectivity index (χ1) is 12.9. The van der Waals surface area contributed by atoms with E-state index in [1.807, 2.05) is 24.3 Å². The van der Waals surface area contributed by atoms with Crippen LogP contribution in [0, 0.1) is 0 Å². The molecule has 8 nitrogen and oxygen atoms in total. The van der Waals surface area contributed by atoms with Crippen LogP contribution in [-0.4, -0.2) is 50.6 Å². The van der Waals surface area contributed by atoms with Gasteiger partial charge in [0.05, 0.1) is 38.9 Å². The minimum absolute atomic E-state index is 0.146. The highest BCUT2D eigenvalue weighted by Crippen LogP contribution is 2.23. The van der Waals surface area contributed by atoms with Gasteiger partial charge in [-0.2, -0.15) is 10.2 Å². The second-order valence-corrected chi connectivity index (χ2v) is 8.28.